The number of hydrogen-bond donors (Lipinski definition) is 2. The van der Waals surface area contributed by atoms with Crippen molar-refractivity contribution < 1.29 is 14.7 Å². The Labute approximate surface area is 198 Å². The minimum Gasteiger partial charge on any atom is -0.492 e. The molecule has 2 aliphatic rings. The summed E-state index contributed by atoms with van der Waals surface area (Å²) in [5.74, 6) is -1.08. The summed E-state index contributed by atoms with van der Waals surface area (Å²) in [4.78, 5) is 42.9. The summed E-state index contributed by atoms with van der Waals surface area (Å²) in [6.45, 7) is 11.6. The van der Waals surface area contributed by atoms with E-state index in [1.807, 2.05) is 13.8 Å². The van der Waals surface area contributed by atoms with Gasteiger partial charge in [-0.05, 0) is 38.7 Å². The van der Waals surface area contributed by atoms with Gasteiger partial charge in [0.25, 0.3) is 11.5 Å². The Balaban J connectivity index is 1.65. The lowest BCUT2D eigenvalue weighted by Crippen LogP contribution is -2.50. The van der Waals surface area contributed by atoms with E-state index in [0.717, 1.165) is 25.9 Å². The van der Waals surface area contributed by atoms with Crippen molar-refractivity contribution in [3.8, 4) is 5.88 Å². The minimum absolute atomic E-state index is 0.0464. The fourth-order valence-corrected chi connectivity index (χ4v) is 4.27. The van der Waals surface area contributed by atoms with Crippen molar-refractivity contribution in [2.75, 3.05) is 26.2 Å². The fourth-order valence-electron chi connectivity index (χ4n) is 4.27. The second-order valence-electron chi connectivity index (χ2n) is 9.88. The van der Waals surface area contributed by atoms with Gasteiger partial charge in [0.05, 0.1) is 6.20 Å². The summed E-state index contributed by atoms with van der Waals surface area (Å²) < 4.78 is 2.67. The van der Waals surface area contributed by atoms with Crippen LogP contribution >= 0.6 is 0 Å². The molecule has 0 aromatic carbocycles. The van der Waals surface area contributed by atoms with Gasteiger partial charge in [-0.2, -0.15) is 9.61 Å². The largest absolute Gasteiger partial charge is 0.492 e. The molecular formula is C24H34N6O4. The van der Waals surface area contributed by atoms with Gasteiger partial charge >= 0.3 is 0 Å². The molecule has 1 saturated heterocycles. The third-order valence-electron chi connectivity index (χ3n) is 6.36. The number of rotatable bonds is 7. The summed E-state index contributed by atoms with van der Waals surface area (Å²) in [7, 11) is 0. The third-order valence-corrected chi connectivity index (χ3v) is 6.36. The highest BCUT2D eigenvalue weighted by Crippen LogP contribution is 2.23. The zero-order chi connectivity index (χ0) is 24.6. The normalized spacial score (nSPS) is 17.4. The number of nitrogens with zero attached hydrogens (tertiary/aromatic N) is 5. The van der Waals surface area contributed by atoms with Crippen molar-refractivity contribution in [2.45, 2.75) is 59.2 Å². The molecule has 0 spiro atoms. The van der Waals surface area contributed by atoms with Crippen molar-refractivity contribution in [3.05, 3.63) is 33.8 Å². The number of carbonyl (C=O) groups is 2. The molecule has 2 N–H and O–H groups in total. The van der Waals surface area contributed by atoms with Gasteiger partial charge in [0.15, 0.2) is 5.56 Å². The van der Waals surface area contributed by atoms with Crippen molar-refractivity contribution >= 4 is 23.5 Å². The quantitative estimate of drug-likeness (QED) is 0.590. The molecular weight excluding hydrogens is 436 g/mol. The van der Waals surface area contributed by atoms with Gasteiger partial charge in [-0.15, -0.1) is 0 Å². The molecule has 0 unspecified atom stereocenters. The minimum atomic E-state index is -0.590. The SMILES string of the molecule is CC(C)Cn1c(=O)c(C(=O)NC2CC2)c(O)n2ncc(/C=C/C(=O)N3CCN(C(C)C)CC3)c12. The Morgan fingerprint density at radius 3 is 2.44 bits per heavy atom. The second kappa shape index (κ2) is 9.61. The number of piperazine rings is 1. The van der Waals surface area contributed by atoms with Gasteiger partial charge in [-0.3, -0.25) is 23.9 Å². The summed E-state index contributed by atoms with van der Waals surface area (Å²) in [5.41, 5.74) is 0.00475. The van der Waals surface area contributed by atoms with E-state index < -0.39 is 17.3 Å². The Kier molecular flexibility index (Phi) is 6.79. The first-order valence-electron chi connectivity index (χ1n) is 12.0. The van der Waals surface area contributed by atoms with E-state index in [4.69, 9.17) is 0 Å². The zero-order valence-corrected chi connectivity index (χ0v) is 20.3. The predicted molar refractivity (Wildman–Crippen MR) is 129 cm³/mol. The molecule has 2 fully saturated rings. The first kappa shape index (κ1) is 24.0. The molecule has 1 aliphatic heterocycles. The fraction of sp³-hybridized carbons (Fsp3) is 0.583. The summed E-state index contributed by atoms with van der Waals surface area (Å²) in [6, 6.07) is 0.498. The van der Waals surface area contributed by atoms with Gasteiger partial charge in [0.2, 0.25) is 11.8 Å². The number of fused-ring (bicyclic) bond motifs is 1. The molecule has 2 aromatic heterocycles. The average Bonchev–Trinajstić information content (AvgIpc) is 3.50. The van der Waals surface area contributed by atoms with E-state index in [0.29, 0.717) is 36.9 Å². The third kappa shape index (κ3) is 4.86. The number of aromatic hydroxyl groups is 1. The molecule has 1 saturated carbocycles. The second-order valence-corrected chi connectivity index (χ2v) is 9.88. The molecule has 10 nitrogen and oxygen atoms in total. The van der Waals surface area contributed by atoms with Crippen LogP contribution in [0.25, 0.3) is 11.7 Å². The van der Waals surface area contributed by atoms with Crippen LogP contribution in [-0.4, -0.2) is 79.2 Å². The maximum absolute atomic E-state index is 13.3. The van der Waals surface area contributed by atoms with Gasteiger partial charge in [0, 0.05) is 56.4 Å². The first-order valence-corrected chi connectivity index (χ1v) is 12.0. The van der Waals surface area contributed by atoms with Gasteiger partial charge in [0.1, 0.15) is 5.65 Å². The van der Waals surface area contributed by atoms with Crippen LogP contribution < -0.4 is 10.9 Å². The Morgan fingerprint density at radius 2 is 1.85 bits per heavy atom. The molecule has 2 amide bonds. The highest BCUT2D eigenvalue weighted by atomic mass is 16.3. The van der Waals surface area contributed by atoms with Crippen LogP contribution in [0, 0.1) is 5.92 Å². The molecule has 0 radical (unpaired) electrons. The van der Waals surface area contributed by atoms with Gasteiger partial charge < -0.3 is 15.3 Å². The lowest BCUT2D eigenvalue weighted by molar-refractivity contribution is -0.127. The van der Waals surface area contributed by atoms with Crippen molar-refractivity contribution in [1.82, 2.24) is 29.3 Å². The topological polar surface area (TPSA) is 112 Å². The lowest BCUT2D eigenvalue weighted by Gasteiger charge is -2.36. The lowest BCUT2D eigenvalue weighted by atomic mass is 10.2. The molecule has 10 heteroatoms. The van der Waals surface area contributed by atoms with E-state index >= 15 is 0 Å². The number of hydrogen-bond acceptors (Lipinski definition) is 6. The maximum atomic E-state index is 13.3. The Hall–Kier alpha value is -3.14. The van der Waals surface area contributed by atoms with Crippen LogP contribution in [0.1, 0.15) is 56.5 Å². The molecule has 4 rings (SSSR count). The van der Waals surface area contributed by atoms with Crippen LogP contribution in [0.15, 0.2) is 17.1 Å². The van der Waals surface area contributed by atoms with E-state index in [2.05, 4.69) is 29.2 Å². The number of nitrogens with one attached hydrogen (secondary N) is 1. The van der Waals surface area contributed by atoms with Crippen molar-refractivity contribution in [3.63, 3.8) is 0 Å². The monoisotopic (exact) mass is 470 g/mol. The highest BCUT2D eigenvalue weighted by Gasteiger charge is 2.30. The van der Waals surface area contributed by atoms with Crippen molar-refractivity contribution in [1.29, 1.82) is 0 Å². The van der Waals surface area contributed by atoms with Crippen LogP contribution in [-0.2, 0) is 11.3 Å². The molecule has 2 aromatic rings. The summed E-state index contributed by atoms with van der Waals surface area (Å²) in [5, 5.41) is 17.8. The van der Waals surface area contributed by atoms with E-state index in [-0.39, 0.29) is 23.4 Å². The number of carbonyl (C=O) groups excluding carboxylic acids is 2. The molecule has 34 heavy (non-hydrogen) atoms. The van der Waals surface area contributed by atoms with Crippen LogP contribution in [0.2, 0.25) is 0 Å². The van der Waals surface area contributed by atoms with Crippen LogP contribution in [0.5, 0.6) is 5.88 Å². The Morgan fingerprint density at radius 1 is 1.18 bits per heavy atom. The number of amides is 2. The Bertz CT molecular complexity index is 1170. The average molecular weight is 471 g/mol. The molecule has 0 bridgehead atoms. The van der Waals surface area contributed by atoms with Crippen LogP contribution in [0.3, 0.4) is 0 Å². The van der Waals surface area contributed by atoms with Gasteiger partial charge in [-0.25, -0.2) is 0 Å². The molecule has 3 heterocycles. The number of aromatic nitrogens is 3. The highest BCUT2D eigenvalue weighted by molar-refractivity contribution is 5.97. The van der Waals surface area contributed by atoms with Crippen LogP contribution in [0.4, 0.5) is 0 Å². The summed E-state index contributed by atoms with van der Waals surface area (Å²) >= 11 is 0. The smallest absolute Gasteiger partial charge is 0.270 e. The van der Waals surface area contributed by atoms with E-state index in [1.165, 1.54) is 21.4 Å². The van der Waals surface area contributed by atoms with E-state index in [1.54, 1.807) is 11.0 Å². The molecule has 0 atom stereocenters. The zero-order valence-electron chi connectivity index (χ0n) is 20.3. The molecule has 1 aliphatic carbocycles. The summed E-state index contributed by atoms with van der Waals surface area (Å²) in [6.07, 6.45) is 6.34. The van der Waals surface area contributed by atoms with E-state index in [9.17, 15) is 19.5 Å². The predicted octanol–water partition coefficient (Wildman–Crippen LogP) is 1.32. The van der Waals surface area contributed by atoms with Gasteiger partial charge in [-0.1, -0.05) is 13.8 Å². The molecule has 184 valence electrons. The first-order chi connectivity index (χ1) is 16.2. The maximum Gasteiger partial charge on any atom is 0.270 e. The van der Waals surface area contributed by atoms with Crippen molar-refractivity contribution in [2.24, 2.45) is 5.92 Å². The standard InChI is InChI=1S/C24H34N6O4/c1-15(2)14-29-22-17(5-8-19(31)28-11-9-27(10-12-28)16(3)4)13-25-30(22)24(34)20(23(29)33)21(32)26-18-6-7-18/h5,8,13,15-16,18,34H,6-7,9-12,14H2,1-4H3,(H,26,32)/b8-5+.